The monoisotopic (exact) mass is 286 g/mol. The Labute approximate surface area is 125 Å². The van der Waals surface area contributed by atoms with Gasteiger partial charge in [0, 0.05) is 6.54 Å². The summed E-state index contributed by atoms with van der Waals surface area (Å²) in [7, 11) is 0. The van der Waals surface area contributed by atoms with Gasteiger partial charge in [-0.2, -0.15) is 0 Å². The van der Waals surface area contributed by atoms with E-state index < -0.39 is 5.54 Å². The van der Waals surface area contributed by atoms with Gasteiger partial charge in [0.05, 0.1) is 0 Å². The lowest BCUT2D eigenvalue weighted by Crippen LogP contribution is -2.50. The summed E-state index contributed by atoms with van der Waals surface area (Å²) >= 11 is 0. The van der Waals surface area contributed by atoms with E-state index >= 15 is 0 Å². The molecule has 0 atom stereocenters. The van der Waals surface area contributed by atoms with Crippen molar-refractivity contribution in [2.45, 2.75) is 58.0 Å². The van der Waals surface area contributed by atoms with Crippen LogP contribution in [0.3, 0.4) is 0 Å². The van der Waals surface area contributed by atoms with Crippen molar-refractivity contribution in [3.63, 3.8) is 0 Å². The van der Waals surface area contributed by atoms with Crippen LogP contribution in [0.2, 0.25) is 0 Å². The van der Waals surface area contributed by atoms with Crippen LogP contribution < -0.4 is 5.32 Å². The van der Waals surface area contributed by atoms with Crippen molar-refractivity contribution in [1.29, 1.82) is 0 Å². The number of nitrogens with one attached hydrogen (secondary N) is 1. The maximum absolute atomic E-state index is 12.3. The molecule has 4 heteroatoms. The van der Waals surface area contributed by atoms with Crippen molar-refractivity contribution in [2.75, 3.05) is 0 Å². The molecule has 21 heavy (non-hydrogen) atoms. The topological polar surface area (TPSA) is 49.4 Å². The van der Waals surface area contributed by atoms with Crippen molar-refractivity contribution >= 4 is 11.9 Å². The van der Waals surface area contributed by atoms with Crippen LogP contribution in [0.1, 0.15) is 48.8 Å². The molecule has 1 aromatic rings. The molecular weight excluding hydrogens is 264 g/mol. The maximum atomic E-state index is 12.3. The summed E-state index contributed by atoms with van der Waals surface area (Å²) in [5, 5.41) is 2.53. The highest BCUT2D eigenvalue weighted by atomic mass is 16.2. The van der Waals surface area contributed by atoms with Gasteiger partial charge in [-0.05, 0) is 37.8 Å². The number of amides is 3. The molecule has 3 rings (SSSR count). The van der Waals surface area contributed by atoms with E-state index in [1.807, 2.05) is 0 Å². The van der Waals surface area contributed by atoms with Crippen molar-refractivity contribution < 1.29 is 9.59 Å². The van der Waals surface area contributed by atoms with Gasteiger partial charge in [0.15, 0.2) is 0 Å². The third-order valence-corrected chi connectivity index (χ3v) is 4.92. The fourth-order valence-corrected chi connectivity index (χ4v) is 3.60. The number of aryl methyl sites for hydroxylation is 2. The number of hydrogen-bond donors (Lipinski definition) is 1. The van der Waals surface area contributed by atoms with Gasteiger partial charge in [0.1, 0.15) is 5.54 Å². The zero-order valence-electron chi connectivity index (χ0n) is 12.7. The number of imide groups is 1. The third-order valence-electron chi connectivity index (χ3n) is 4.92. The first-order valence-corrected chi connectivity index (χ1v) is 7.72. The number of urea groups is 1. The van der Waals surface area contributed by atoms with E-state index in [9.17, 15) is 9.59 Å². The first-order valence-electron chi connectivity index (χ1n) is 7.72. The standard InChI is InChI=1S/C17H22N2O2/c1-12-6-7-13(2)14(10-12)11-19-16(21)18-15(20)17(19)8-4-3-5-9-17/h6-7,10H,3-5,8-9,11H2,1-2H3,(H,18,20,21). The van der Waals surface area contributed by atoms with Crippen molar-refractivity contribution in [3.05, 3.63) is 34.9 Å². The highest BCUT2D eigenvalue weighted by Crippen LogP contribution is 2.38. The highest BCUT2D eigenvalue weighted by Gasteiger charge is 2.52. The molecule has 1 aromatic carbocycles. The summed E-state index contributed by atoms with van der Waals surface area (Å²) in [6.45, 7) is 4.62. The zero-order valence-corrected chi connectivity index (χ0v) is 12.7. The molecule has 1 heterocycles. The number of carbonyl (C=O) groups is 2. The van der Waals surface area contributed by atoms with E-state index in [0.29, 0.717) is 6.54 Å². The SMILES string of the molecule is Cc1ccc(C)c(CN2C(=O)NC(=O)C23CCCCC3)c1. The summed E-state index contributed by atoms with van der Waals surface area (Å²) in [5.74, 6) is -0.0995. The molecule has 1 N–H and O–H groups in total. The summed E-state index contributed by atoms with van der Waals surface area (Å²) in [6, 6.07) is 6.03. The van der Waals surface area contributed by atoms with Gasteiger partial charge in [0.2, 0.25) is 0 Å². The van der Waals surface area contributed by atoms with Gasteiger partial charge >= 0.3 is 6.03 Å². The Morgan fingerprint density at radius 1 is 1.14 bits per heavy atom. The van der Waals surface area contributed by atoms with Crippen molar-refractivity contribution in [3.8, 4) is 0 Å². The third kappa shape index (κ3) is 2.33. The van der Waals surface area contributed by atoms with Crippen molar-refractivity contribution in [2.24, 2.45) is 0 Å². The van der Waals surface area contributed by atoms with Gasteiger partial charge in [-0.25, -0.2) is 4.79 Å². The van der Waals surface area contributed by atoms with E-state index in [1.165, 1.54) is 11.1 Å². The number of carbonyl (C=O) groups excluding carboxylic acids is 2. The second kappa shape index (κ2) is 5.17. The smallest absolute Gasteiger partial charge is 0.305 e. The van der Waals surface area contributed by atoms with Crippen LogP contribution >= 0.6 is 0 Å². The van der Waals surface area contributed by atoms with Gasteiger partial charge in [-0.3, -0.25) is 10.1 Å². The van der Waals surface area contributed by atoms with Crippen LogP contribution in [0.4, 0.5) is 4.79 Å². The molecule has 1 aliphatic heterocycles. The fraction of sp³-hybridized carbons (Fsp3) is 0.529. The zero-order chi connectivity index (χ0) is 15.0. The molecule has 0 aromatic heterocycles. The van der Waals surface area contributed by atoms with E-state index in [2.05, 4.69) is 37.4 Å². The van der Waals surface area contributed by atoms with E-state index in [4.69, 9.17) is 0 Å². The Kier molecular flexibility index (Phi) is 3.47. The Morgan fingerprint density at radius 2 is 1.86 bits per heavy atom. The molecule has 1 spiro atoms. The average Bonchev–Trinajstić information content (AvgIpc) is 2.68. The van der Waals surface area contributed by atoms with E-state index in [1.54, 1.807) is 4.90 Å². The number of nitrogens with zero attached hydrogens (tertiary/aromatic N) is 1. The van der Waals surface area contributed by atoms with Crippen LogP contribution in [0.5, 0.6) is 0 Å². The van der Waals surface area contributed by atoms with E-state index in [0.717, 1.165) is 37.7 Å². The minimum atomic E-state index is -0.606. The number of rotatable bonds is 2. The lowest BCUT2D eigenvalue weighted by molar-refractivity contribution is -0.128. The quantitative estimate of drug-likeness (QED) is 0.849. The second-order valence-corrected chi connectivity index (χ2v) is 6.37. The Hall–Kier alpha value is -1.84. The Bertz CT molecular complexity index is 588. The number of hydrogen-bond acceptors (Lipinski definition) is 2. The predicted molar refractivity (Wildman–Crippen MR) is 80.8 cm³/mol. The lowest BCUT2D eigenvalue weighted by atomic mass is 9.80. The van der Waals surface area contributed by atoms with Crippen LogP contribution in [0.25, 0.3) is 0 Å². The minimum absolute atomic E-state index is 0.0995. The van der Waals surface area contributed by atoms with Crippen LogP contribution in [-0.4, -0.2) is 22.4 Å². The molecule has 0 bridgehead atoms. The first-order chi connectivity index (χ1) is 10.0. The molecule has 1 aliphatic carbocycles. The first kappa shape index (κ1) is 14.1. The molecular formula is C17H22N2O2. The Morgan fingerprint density at radius 3 is 2.57 bits per heavy atom. The van der Waals surface area contributed by atoms with Crippen molar-refractivity contribution in [1.82, 2.24) is 10.2 Å². The average molecular weight is 286 g/mol. The molecule has 1 saturated heterocycles. The molecule has 0 radical (unpaired) electrons. The summed E-state index contributed by atoms with van der Waals surface area (Å²) in [6.07, 6.45) is 4.76. The largest absolute Gasteiger partial charge is 0.325 e. The molecule has 112 valence electrons. The summed E-state index contributed by atoms with van der Waals surface area (Å²) in [5.41, 5.74) is 2.87. The highest BCUT2D eigenvalue weighted by molar-refractivity contribution is 6.07. The van der Waals surface area contributed by atoms with Crippen LogP contribution in [-0.2, 0) is 11.3 Å². The van der Waals surface area contributed by atoms with Gasteiger partial charge < -0.3 is 4.90 Å². The normalized spacial score (nSPS) is 21.0. The van der Waals surface area contributed by atoms with Gasteiger partial charge in [-0.1, -0.05) is 43.0 Å². The number of benzene rings is 1. The fourth-order valence-electron chi connectivity index (χ4n) is 3.60. The predicted octanol–water partition coefficient (Wildman–Crippen LogP) is 3.06. The molecule has 4 nitrogen and oxygen atoms in total. The Balaban J connectivity index is 1.93. The summed E-state index contributed by atoms with van der Waals surface area (Å²) < 4.78 is 0. The van der Waals surface area contributed by atoms with Crippen LogP contribution in [0.15, 0.2) is 18.2 Å². The second-order valence-electron chi connectivity index (χ2n) is 6.37. The molecule has 3 amide bonds. The maximum Gasteiger partial charge on any atom is 0.325 e. The molecule has 2 fully saturated rings. The van der Waals surface area contributed by atoms with Crippen LogP contribution in [0, 0.1) is 13.8 Å². The summed E-state index contributed by atoms with van der Waals surface area (Å²) in [4.78, 5) is 26.4. The van der Waals surface area contributed by atoms with Gasteiger partial charge in [0.25, 0.3) is 5.91 Å². The molecule has 2 aliphatic rings. The molecule has 0 unspecified atom stereocenters. The lowest BCUT2D eigenvalue weighted by Gasteiger charge is -2.38. The minimum Gasteiger partial charge on any atom is -0.305 e. The van der Waals surface area contributed by atoms with Gasteiger partial charge in [-0.15, -0.1) is 0 Å². The van der Waals surface area contributed by atoms with E-state index in [-0.39, 0.29) is 11.9 Å². The molecule has 1 saturated carbocycles.